The Kier molecular flexibility index (Phi) is 7.77. The molecule has 206 valence electrons. The molecule has 2 N–H and O–H groups in total. The molecule has 7 nitrogen and oxygen atoms in total. The normalized spacial score (nSPS) is 17.2. The first kappa shape index (κ1) is 28.2. The summed E-state index contributed by atoms with van der Waals surface area (Å²) in [4.78, 5) is 48.8. The molecule has 2 heterocycles. The highest BCUT2D eigenvalue weighted by Crippen LogP contribution is 2.42. The maximum Gasteiger partial charge on any atom is 0.262 e. The van der Waals surface area contributed by atoms with E-state index in [1.165, 1.54) is 13.8 Å². The quantitative estimate of drug-likeness (QED) is 0.395. The number of anilines is 1. The average Bonchev–Trinajstić information content (AvgIpc) is 3.21. The Hall–Kier alpha value is -3.81. The number of Topliss-reactive ketones (excluding diaryl/α,β-unsaturated/α-hetero) is 1. The molecular weight excluding hydrogens is 495 g/mol. The van der Waals surface area contributed by atoms with Crippen LogP contribution in [0.2, 0.25) is 0 Å². The zero-order valence-corrected chi connectivity index (χ0v) is 23.5. The second kappa shape index (κ2) is 10.8. The number of benzene rings is 1. The van der Waals surface area contributed by atoms with Gasteiger partial charge in [-0.3, -0.25) is 14.4 Å². The van der Waals surface area contributed by atoms with Crippen molar-refractivity contribution >= 4 is 23.4 Å². The summed E-state index contributed by atoms with van der Waals surface area (Å²) >= 11 is 0. The molecule has 0 radical (unpaired) electrons. The minimum atomic E-state index is -2.06. The number of halogens is 1. The monoisotopic (exact) mass is 532 g/mol. The molecule has 0 aliphatic heterocycles. The van der Waals surface area contributed by atoms with E-state index < -0.39 is 17.0 Å². The van der Waals surface area contributed by atoms with E-state index in [-0.39, 0.29) is 23.9 Å². The van der Waals surface area contributed by atoms with Crippen molar-refractivity contribution in [3.8, 4) is 11.3 Å². The first-order valence-electron chi connectivity index (χ1n) is 13.3. The van der Waals surface area contributed by atoms with Crippen molar-refractivity contribution < 1.29 is 18.8 Å². The van der Waals surface area contributed by atoms with Gasteiger partial charge in [0.2, 0.25) is 5.91 Å². The molecule has 4 rings (SSSR count). The third-order valence-electron chi connectivity index (χ3n) is 7.13. The van der Waals surface area contributed by atoms with Crippen LogP contribution in [0.25, 0.3) is 11.3 Å². The largest absolute Gasteiger partial charge is 0.358 e. The zero-order chi connectivity index (χ0) is 28.5. The Labute approximate surface area is 229 Å². The molecule has 0 saturated heterocycles. The number of aromatic nitrogens is 2. The van der Waals surface area contributed by atoms with Crippen LogP contribution in [0.1, 0.15) is 68.2 Å². The predicted molar refractivity (Wildman–Crippen MR) is 150 cm³/mol. The van der Waals surface area contributed by atoms with E-state index in [2.05, 4.69) is 29.1 Å². The number of H-pyrrole nitrogens is 1. The van der Waals surface area contributed by atoms with Crippen molar-refractivity contribution in [2.75, 3.05) is 18.9 Å². The summed E-state index contributed by atoms with van der Waals surface area (Å²) < 4.78 is 14.1. The first-order valence-corrected chi connectivity index (χ1v) is 13.3. The molecule has 1 aliphatic carbocycles. The summed E-state index contributed by atoms with van der Waals surface area (Å²) in [5.74, 6) is -0.379. The minimum absolute atomic E-state index is 0.0429. The van der Waals surface area contributed by atoms with Gasteiger partial charge in [0.05, 0.1) is 11.1 Å². The average molecular weight is 533 g/mol. The van der Waals surface area contributed by atoms with Gasteiger partial charge in [-0.2, -0.15) is 0 Å². The van der Waals surface area contributed by atoms with Crippen molar-refractivity contribution in [1.82, 2.24) is 14.9 Å². The number of hydrogen-bond acceptors (Lipinski definition) is 4. The van der Waals surface area contributed by atoms with Crippen LogP contribution in [0.15, 0.2) is 48.7 Å². The Morgan fingerprint density at radius 1 is 1.18 bits per heavy atom. The van der Waals surface area contributed by atoms with Gasteiger partial charge in [0.1, 0.15) is 5.82 Å². The van der Waals surface area contributed by atoms with Crippen LogP contribution in [0.4, 0.5) is 10.2 Å². The lowest BCUT2D eigenvalue weighted by molar-refractivity contribution is -0.140. The maximum atomic E-state index is 14.1. The maximum absolute atomic E-state index is 14.1. The summed E-state index contributed by atoms with van der Waals surface area (Å²) in [6.45, 7) is 8.97. The molecule has 1 unspecified atom stereocenters. The van der Waals surface area contributed by atoms with Crippen LogP contribution in [-0.4, -0.2) is 51.7 Å². The van der Waals surface area contributed by atoms with Crippen LogP contribution >= 0.6 is 0 Å². The number of ketones is 1. The number of carbonyl (C=O) groups is 3. The lowest BCUT2D eigenvalue weighted by atomic mass is 9.72. The number of nitrogens with one attached hydrogen (secondary N) is 2. The van der Waals surface area contributed by atoms with Gasteiger partial charge < -0.3 is 15.2 Å². The predicted octanol–water partition coefficient (Wildman–Crippen LogP) is 5.60. The summed E-state index contributed by atoms with van der Waals surface area (Å²) in [7, 11) is 1.79. The molecule has 2 aromatic heterocycles. The summed E-state index contributed by atoms with van der Waals surface area (Å²) in [5.41, 5.74) is 1.73. The number of fused-ring (bicyclic) bond motifs is 1. The molecule has 1 atom stereocenters. The smallest absolute Gasteiger partial charge is 0.262 e. The van der Waals surface area contributed by atoms with E-state index in [0.717, 1.165) is 22.5 Å². The van der Waals surface area contributed by atoms with Crippen molar-refractivity contribution in [3.63, 3.8) is 0 Å². The van der Waals surface area contributed by atoms with Gasteiger partial charge >= 0.3 is 0 Å². The summed E-state index contributed by atoms with van der Waals surface area (Å²) in [6, 6.07) is 13.3. The second-order valence-corrected chi connectivity index (χ2v) is 11.8. The Balaban J connectivity index is 1.78. The van der Waals surface area contributed by atoms with Gasteiger partial charge in [0.15, 0.2) is 11.5 Å². The van der Waals surface area contributed by atoms with Gasteiger partial charge in [-0.1, -0.05) is 44.2 Å². The van der Waals surface area contributed by atoms with E-state index >= 15 is 0 Å². The molecule has 3 aromatic rings. The fraction of sp³-hybridized carbons (Fsp3) is 0.419. The fourth-order valence-corrected chi connectivity index (χ4v) is 5.35. The fourth-order valence-electron chi connectivity index (χ4n) is 5.35. The van der Waals surface area contributed by atoms with E-state index in [0.29, 0.717) is 36.4 Å². The van der Waals surface area contributed by atoms with E-state index in [9.17, 15) is 18.8 Å². The molecule has 39 heavy (non-hydrogen) atoms. The number of aromatic amines is 1. The van der Waals surface area contributed by atoms with Gasteiger partial charge in [-0.15, -0.1) is 0 Å². The molecule has 0 bridgehead atoms. The van der Waals surface area contributed by atoms with E-state index in [1.54, 1.807) is 30.3 Å². The van der Waals surface area contributed by atoms with Gasteiger partial charge in [0.25, 0.3) is 5.91 Å². The number of nitrogens with zero attached hydrogens (tertiary/aromatic N) is 2. The van der Waals surface area contributed by atoms with Crippen LogP contribution < -0.4 is 5.32 Å². The highest BCUT2D eigenvalue weighted by molar-refractivity contribution is 6.05. The summed E-state index contributed by atoms with van der Waals surface area (Å²) in [5, 5.41) is 2.53. The SMILES string of the molecule is CC(C)CN(C)C(=O)C1(C)CC(=O)c2c([nH]c(-c3ccnc(NC(=O)C(C)(C)F)c3)c2Cc2ccccc2)C1. The van der Waals surface area contributed by atoms with E-state index in [4.69, 9.17) is 0 Å². The molecule has 0 saturated carbocycles. The van der Waals surface area contributed by atoms with Crippen molar-refractivity contribution in [2.24, 2.45) is 11.3 Å². The molecule has 1 aliphatic rings. The van der Waals surface area contributed by atoms with Gasteiger partial charge in [-0.25, -0.2) is 9.37 Å². The molecule has 2 amide bonds. The number of pyridine rings is 1. The van der Waals surface area contributed by atoms with Gasteiger partial charge in [0, 0.05) is 55.9 Å². The number of alkyl halides is 1. The van der Waals surface area contributed by atoms with E-state index in [1.807, 2.05) is 37.3 Å². The topological polar surface area (TPSA) is 95.2 Å². The second-order valence-electron chi connectivity index (χ2n) is 11.8. The molecule has 0 fully saturated rings. The number of amides is 2. The van der Waals surface area contributed by atoms with Crippen molar-refractivity contribution in [2.45, 2.75) is 59.5 Å². The van der Waals surface area contributed by atoms with Crippen LogP contribution in [0.5, 0.6) is 0 Å². The minimum Gasteiger partial charge on any atom is -0.358 e. The van der Waals surface area contributed by atoms with Crippen LogP contribution in [-0.2, 0) is 22.4 Å². The van der Waals surface area contributed by atoms with Gasteiger partial charge in [-0.05, 0) is 49.9 Å². The first-order chi connectivity index (χ1) is 18.3. The number of hydrogen-bond donors (Lipinski definition) is 2. The number of carbonyl (C=O) groups excluding carboxylic acids is 3. The molecule has 8 heteroatoms. The lowest BCUT2D eigenvalue weighted by Crippen LogP contribution is -2.46. The molecule has 1 aromatic carbocycles. The lowest BCUT2D eigenvalue weighted by Gasteiger charge is -2.35. The number of rotatable bonds is 8. The molecule has 0 spiro atoms. The Morgan fingerprint density at radius 2 is 1.87 bits per heavy atom. The standard InChI is InChI=1S/C31H37FN4O3/c1-19(2)18-36(6)29(39)31(5)16-23-26(24(37)17-31)22(14-20-10-8-7-9-11-20)27(34-23)21-12-13-33-25(15-21)35-28(38)30(3,4)32/h7-13,15,19,34H,14,16-18H2,1-6H3,(H,33,35,38). The van der Waals surface area contributed by atoms with Crippen molar-refractivity contribution in [3.05, 3.63) is 71.0 Å². The van der Waals surface area contributed by atoms with Crippen LogP contribution in [0.3, 0.4) is 0 Å². The Bertz CT molecular complexity index is 1390. The van der Waals surface area contributed by atoms with Crippen LogP contribution in [0, 0.1) is 11.3 Å². The zero-order valence-electron chi connectivity index (χ0n) is 23.5. The summed E-state index contributed by atoms with van der Waals surface area (Å²) in [6.07, 6.45) is 2.58. The third kappa shape index (κ3) is 6.10. The highest BCUT2D eigenvalue weighted by Gasteiger charge is 2.44. The third-order valence-corrected chi connectivity index (χ3v) is 7.13. The Morgan fingerprint density at radius 3 is 2.51 bits per heavy atom. The molecular formula is C31H37FN4O3. The highest BCUT2D eigenvalue weighted by atomic mass is 19.1. The van der Waals surface area contributed by atoms with Crippen molar-refractivity contribution in [1.29, 1.82) is 0 Å².